The van der Waals surface area contributed by atoms with E-state index in [4.69, 9.17) is 11.6 Å². The molecule has 0 heterocycles. The number of nitrogens with zero attached hydrogens (tertiary/aromatic N) is 1. The minimum Gasteiger partial charge on any atom is -0.348 e. The first-order chi connectivity index (χ1) is 15.9. The van der Waals surface area contributed by atoms with Gasteiger partial charge in [-0.1, -0.05) is 47.5 Å². The van der Waals surface area contributed by atoms with Crippen LogP contribution in [0.25, 0.3) is 0 Å². The third-order valence-corrected chi connectivity index (χ3v) is 8.33. The first-order valence-corrected chi connectivity index (χ1v) is 14.0. The summed E-state index contributed by atoms with van der Waals surface area (Å²) < 4.78 is 51.2. The van der Waals surface area contributed by atoms with E-state index in [0.717, 1.165) is 16.1 Å². The number of amides is 1. The molecule has 0 fully saturated rings. The van der Waals surface area contributed by atoms with Gasteiger partial charge in [0.05, 0.1) is 21.5 Å². The lowest BCUT2D eigenvalue weighted by molar-refractivity contribution is -0.120. The Morgan fingerprint density at radius 1 is 0.941 bits per heavy atom. The molecule has 0 aliphatic carbocycles. The Bertz CT molecular complexity index is 1390. The number of halogens is 1. The highest BCUT2D eigenvalue weighted by atomic mass is 35.5. The van der Waals surface area contributed by atoms with Gasteiger partial charge >= 0.3 is 0 Å². The molecule has 0 saturated carbocycles. The average Bonchev–Trinajstić information content (AvgIpc) is 2.77. The van der Waals surface area contributed by atoms with E-state index < -0.39 is 38.4 Å². The van der Waals surface area contributed by atoms with Gasteiger partial charge in [-0.2, -0.15) is 0 Å². The summed E-state index contributed by atoms with van der Waals surface area (Å²) in [7, 11) is -7.39. The molecule has 0 saturated heterocycles. The van der Waals surface area contributed by atoms with Crippen molar-refractivity contribution in [2.45, 2.75) is 29.7 Å². The Morgan fingerprint density at radius 2 is 1.53 bits per heavy atom. The summed E-state index contributed by atoms with van der Waals surface area (Å²) >= 11 is 6.09. The van der Waals surface area contributed by atoms with Gasteiger partial charge in [-0.05, 0) is 61.9 Å². The number of carbonyl (C=O) groups excluding carboxylic acids is 1. The van der Waals surface area contributed by atoms with Gasteiger partial charge in [0.2, 0.25) is 5.91 Å². The number of hydrogen-bond donors (Lipinski definition) is 1. The Balaban J connectivity index is 1.86. The molecule has 1 amide bonds. The van der Waals surface area contributed by atoms with E-state index in [1.165, 1.54) is 30.3 Å². The molecular formula is C24H25ClN2O5S2. The predicted octanol–water partition coefficient (Wildman–Crippen LogP) is 4.12. The quantitative estimate of drug-likeness (QED) is 0.481. The van der Waals surface area contributed by atoms with Crippen molar-refractivity contribution in [1.82, 2.24) is 5.32 Å². The van der Waals surface area contributed by atoms with Crippen LogP contribution >= 0.6 is 11.6 Å². The Hall–Kier alpha value is -2.88. The first kappa shape index (κ1) is 25.7. The fourth-order valence-electron chi connectivity index (χ4n) is 3.29. The van der Waals surface area contributed by atoms with Crippen molar-refractivity contribution in [3.63, 3.8) is 0 Å². The molecule has 3 aromatic carbocycles. The van der Waals surface area contributed by atoms with Crippen molar-refractivity contribution in [2.24, 2.45) is 0 Å². The molecule has 0 aromatic heterocycles. The van der Waals surface area contributed by atoms with E-state index in [-0.39, 0.29) is 15.5 Å². The van der Waals surface area contributed by atoms with E-state index in [1.54, 1.807) is 49.4 Å². The number of sulfonamides is 1. The van der Waals surface area contributed by atoms with Crippen molar-refractivity contribution in [3.05, 3.63) is 88.9 Å². The molecule has 1 N–H and O–H groups in total. The fraction of sp³-hybridized carbons (Fsp3) is 0.208. The summed E-state index contributed by atoms with van der Waals surface area (Å²) in [6.45, 7) is 3.11. The normalized spacial score (nSPS) is 12.7. The lowest BCUT2D eigenvalue weighted by Gasteiger charge is -2.25. The maximum Gasteiger partial charge on any atom is 0.264 e. The van der Waals surface area contributed by atoms with Gasteiger partial charge in [0.15, 0.2) is 9.84 Å². The van der Waals surface area contributed by atoms with Crippen LogP contribution in [-0.4, -0.2) is 35.5 Å². The van der Waals surface area contributed by atoms with Crippen LogP contribution in [0.15, 0.2) is 82.6 Å². The maximum atomic E-state index is 13.4. The van der Waals surface area contributed by atoms with Crippen molar-refractivity contribution in [1.29, 1.82) is 0 Å². The Morgan fingerprint density at radius 3 is 2.09 bits per heavy atom. The van der Waals surface area contributed by atoms with Gasteiger partial charge in [0, 0.05) is 11.3 Å². The number of sulfone groups is 1. The summed E-state index contributed by atoms with van der Waals surface area (Å²) in [5, 5.41) is 3.11. The zero-order valence-electron chi connectivity index (χ0n) is 18.9. The number of benzene rings is 3. The molecular weight excluding hydrogens is 496 g/mol. The van der Waals surface area contributed by atoms with Gasteiger partial charge in [-0.25, -0.2) is 16.8 Å². The van der Waals surface area contributed by atoms with Crippen LogP contribution in [0.3, 0.4) is 0 Å². The number of aryl methyl sites for hydroxylation is 1. The van der Waals surface area contributed by atoms with Crippen LogP contribution in [0.4, 0.5) is 5.69 Å². The first-order valence-electron chi connectivity index (χ1n) is 10.3. The minimum absolute atomic E-state index is 0.0512. The molecule has 1 unspecified atom stereocenters. The summed E-state index contributed by atoms with van der Waals surface area (Å²) in [5.74, 6) is -0.532. The van der Waals surface area contributed by atoms with Crippen molar-refractivity contribution < 1.29 is 21.6 Å². The number of hydrogen-bond acceptors (Lipinski definition) is 5. The van der Waals surface area contributed by atoms with Gasteiger partial charge in [-0.15, -0.1) is 0 Å². The zero-order chi connectivity index (χ0) is 25.1. The highest BCUT2D eigenvalue weighted by Crippen LogP contribution is 2.26. The summed E-state index contributed by atoms with van der Waals surface area (Å²) in [4.78, 5) is 13.1. The van der Waals surface area contributed by atoms with Crippen LogP contribution in [0.5, 0.6) is 0 Å². The van der Waals surface area contributed by atoms with Crippen molar-refractivity contribution >= 4 is 43.1 Å². The molecule has 180 valence electrons. The molecule has 0 spiro atoms. The molecule has 0 aliphatic rings. The van der Waals surface area contributed by atoms with Crippen LogP contribution < -0.4 is 9.62 Å². The Kier molecular flexibility index (Phi) is 7.70. The second kappa shape index (κ2) is 10.2. The number of carbonyl (C=O) groups is 1. The second-order valence-electron chi connectivity index (χ2n) is 7.94. The third kappa shape index (κ3) is 6.16. The van der Waals surface area contributed by atoms with E-state index in [1.807, 2.05) is 6.92 Å². The summed E-state index contributed by atoms with van der Waals surface area (Å²) in [6.07, 6.45) is 1.12. The largest absolute Gasteiger partial charge is 0.348 e. The molecule has 0 aliphatic heterocycles. The third-order valence-electron chi connectivity index (χ3n) is 5.18. The maximum absolute atomic E-state index is 13.4. The lowest BCUT2D eigenvalue weighted by Crippen LogP contribution is -2.41. The SMILES string of the molecule is Cc1ccc(S(=O)(=O)N(CC(=O)NC(C)c2ccc(S(C)(=O)=O)cc2)c2cccc(Cl)c2)cc1. The van der Waals surface area contributed by atoms with E-state index in [2.05, 4.69) is 5.32 Å². The highest BCUT2D eigenvalue weighted by molar-refractivity contribution is 7.93. The highest BCUT2D eigenvalue weighted by Gasteiger charge is 2.28. The molecule has 1 atom stereocenters. The average molecular weight is 521 g/mol. The van der Waals surface area contributed by atoms with Crippen LogP contribution in [-0.2, 0) is 24.7 Å². The lowest BCUT2D eigenvalue weighted by atomic mass is 10.1. The van der Waals surface area contributed by atoms with Crippen LogP contribution in [0.2, 0.25) is 5.02 Å². The molecule has 0 bridgehead atoms. The van der Waals surface area contributed by atoms with Gasteiger partial charge < -0.3 is 5.32 Å². The summed E-state index contributed by atoms with van der Waals surface area (Å²) in [6, 6.07) is 18.3. The van der Waals surface area contributed by atoms with Gasteiger partial charge in [0.1, 0.15) is 6.54 Å². The number of anilines is 1. The number of rotatable bonds is 8. The molecule has 3 aromatic rings. The van der Waals surface area contributed by atoms with Gasteiger partial charge in [0.25, 0.3) is 10.0 Å². The molecule has 34 heavy (non-hydrogen) atoms. The number of nitrogens with one attached hydrogen (secondary N) is 1. The molecule has 3 rings (SSSR count). The van der Waals surface area contributed by atoms with E-state index in [9.17, 15) is 21.6 Å². The van der Waals surface area contributed by atoms with E-state index in [0.29, 0.717) is 10.6 Å². The van der Waals surface area contributed by atoms with Crippen LogP contribution in [0.1, 0.15) is 24.1 Å². The Labute approximate surface area is 205 Å². The molecule has 0 radical (unpaired) electrons. The van der Waals surface area contributed by atoms with Crippen LogP contribution in [0, 0.1) is 6.92 Å². The standard InChI is InChI=1S/C24H25ClN2O5S2/c1-17-7-11-23(12-8-17)34(31,32)27(21-6-4-5-20(25)15-21)16-24(28)26-18(2)19-9-13-22(14-10-19)33(3,29)30/h4-15,18H,16H2,1-3H3,(H,26,28). The smallest absolute Gasteiger partial charge is 0.264 e. The summed E-state index contributed by atoms with van der Waals surface area (Å²) in [5.41, 5.74) is 1.84. The zero-order valence-corrected chi connectivity index (χ0v) is 21.3. The predicted molar refractivity (Wildman–Crippen MR) is 133 cm³/mol. The monoisotopic (exact) mass is 520 g/mol. The fourth-order valence-corrected chi connectivity index (χ4v) is 5.52. The van der Waals surface area contributed by atoms with E-state index >= 15 is 0 Å². The van der Waals surface area contributed by atoms with Crippen molar-refractivity contribution in [2.75, 3.05) is 17.1 Å². The van der Waals surface area contributed by atoms with Crippen molar-refractivity contribution in [3.8, 4) is 0 Å². The second-order valence-corrected chi connectivity index (χ2v) is 12.2. The molecule has 7 nitrogen and oxygen atoms in total. The minimum atomic E-state index is -4.06. The van der Waals surface area contributed by atoms with Gasteiger partial charge in [-0.3, -0.25) is 9.10 Å². The molecule has 10 heteroatoms. The topological polar surface area (TPSA) is 101 Å².